The molecule has 0 aliphatic carbocycles. The summed E-state index contributed by atoms with van der Waals surface area (Å²) < 4.78 is 0. The van der Waals surface area contributed by atoms with Crippen molar-refractivity contribution >= 4 is 17.5 Å². The van der Waals surface area contributed by atoms with Crippen LogP contribution in [0.25, 0.3) is 0 Å². The lowest BCUT2D eigenvalue weighted by atomic mass is 10.1. The average molecular weight is 276 g/mol. The summed E-state index contributed by atoms with van der Waals surface area (Å²) in [6.45, 7) is 10.2. The van der Waals surface area contributed by atoms with Gasteiger partial charge < -0.3 is 10.2 Å². The van der Waals surface area contributed by atoms with Gasteiger partial charge in [0.1, 0.15) is 0 Å². The topological polar surface area (TPSA) is 49.4 Å². The van der Waals surface area contributed by atoms with Gasteiger partial charge in [-0.25, -0.2) is 0 Å². The Morgan fingerprint density at radius 1 is 1.20 bits per heavy atom. The molecule has 4 nitrogen and oxygen atoms in total. The number of nitrogens with zero attached hydrogens (tertiary/aromatic N) is 1. The normalized spacial score (nSPS) is 10.5. The molecule has 0 heterocycles. The quantitative estimate of drug-likeness (QED) is 0.898. The van der Waals surface area contributed by atoms with Gasteiger partial charge in [0.2, 0.25) is 11.8 Å². The first-order valence-electron chi connectivity index (χ1n) is 6.96. The molecule has 0 radical (unpaired) electrons. The summed E-state index contributed by atoms with van der Waals surface area (Å²) >= 11 is 0. The highest BCUT2D eigenvalue weighted by molar-refractivity contribution is 5.93. The number of aryl methyl sites for hydroxylation is 2. The van der Waals surface area contributed by atoms with E-state index >= 15 is 0 Å². The average Bonchev–Trinajstić information content (AvgIpc) is 2.35. The summed E-state index contributed by atoms with van der Waals surface area (Å²) in [7, 11) is 0. The molecule has 0 saturated heterocycles. The van der Waals surface area contributed by atoms with Crippen molar-refractivity contribution in [3.63, 3.8) is 0 Å². The van der Waals surface area contributed by atoms with Crippen molar-refractivity contribution in [2.24, 2.45) is 5.92 Å². The van der Waals surface area contributed by atoms with Gasteiger partial charge in [-0.05, 0) is 25.0 Å². The number of anilines is 1. The van der Waals surface area contributed by atoms with Crippen LogP contribution in [0.5, 0.6) is 0 Å². The second-order valence-electron chi connectivity index (χ2n) is 5.36. The number of carbonyl (C=O) groups excluding carboxylic acids is 2. The Labute approximate surface area is 121 Å². The minimum atomic E-state index is -0.0408. The molecule has 0 fully saturated rings. The van der Waals surface area contributed by atoms with Crippen molar-refractivity contribution in [3.8, 4) is 0 Å². The molecule has 4 heteroatoms. The van der Waals surface area contributed by atoms with E-state index in [4.69, 9.17) is 0 Å². The molecule has 0 aliphatic rings. The van der Waals surface area contributed by atoms with E-state index in [1.54, 1.807) is 11.8 Å². The van der Waals surface area contributed by atoms with Gasteiger partial charge in [0, 0.05) is 31.6 Å². The monoisotopic (exact) mass is 276 g/mol. The molecule has 0 saturated carbocycles. The zero-order chi connectivity index (χ0) is 15.3. The molecule has 0 bridgehead atoms. The number of carbonyl (C=O) groups is 2. The smallest absolute Gasteiger partial charge is 0.223 e. The number of benzene rings is 1. The zero-order valence-electron chi connectivity index (χ0n) is 13.0. The van der Waals surface area contributed by atoms with Gasteiger partial charge in [0.15, 0.2) is 0 Å². The molecule has 1 rings (SSSR count). The molecule has 0 unspecified atom stereocenters. The first-order chi connectivity index (χ1) is 9.34. The van der Waals surface area contributed by atoms with Crippen LogP contribution in [0.4, 0.5) is 5.69 Å². The summed E-state index contributed by atoms with van der Waals surface area (Å²) in [5, 5.41) is 2.84. The zero-order valence-corrected chi connectivity index (χ0v) is 13.0. The first-order valence-corrected chi connectivity index (χ1v) is 6.96. The first kappa shape index (κ1) is 16.2. The number of nitrogens with one attached hydrogen (secondary N) is 1. The van der Waals surface area contributed by atoms with E-state index in [9.17, 15) is 9.59 Å². The Hall–Kier alpha value is -1.84. The highest BCUT2D eigenvalue weighted by Gasteiger charge is 2.16. The third kappa shape index (κ3) is 4.08. The third-order valence-electron chi connectivity index (χ3n) is 3.25. The number of hydrogen-bond donors (Lipinski definition) is 1. The van der Waals surface area contributed by atoms with Crippen LogP contribution in [0.15, 0.2) is 18.2 Å². The summed E-state index contributed by atoms with van der Waals surface area (Å²) in [4.78, 5) is 25.1. The number of hydrogen-bond acceptors (Lipinski definition) is 2. The van der Waals surface area contributed by atoms with E-state index in [1.165, 1.54) is 0 Å². The molecule has 110 valence electrons. The second-order valence-corrected chi connectivity index (χ2v) is 5.36. The number of para-hydroxylation sites is 1. The van der Waals surface area contributed by atoms with Crippen molar-refractivity contribution in [3.05, 3.63) is 29.3 Å². The van der Waals surface area contributed by atoms with Crippen molar-refractivity contribution in [2.45, 2.75) is 34.6 Å². The van der Waals surface area contributed by atoms with Crippen LogP contribution in [-0.4, -0.2) is 24.9 Å². The van der Waals surface area contributed by atoms with E-state index in [0.29, 0.717) is 13.1 Å². The molecule has 2 amide bonds. The van der Waals surface area contributed by atoms with Crippen LogP contribution in [0.2, 0.25) is 0 Å². The number of rotatable bonds is 5. The van der Waals surface area contributed by atoms with Crippen LogP contribution >= 0.6 is 0 Å². The fourth-order valence-electron chi connectivity index (χ4n) is 2.15. The standard InChI is InChI=1S/C16H24N2O2/c1-11(2)16(20)17-9-10-18(14(5)19)15-12(3)7-6-8-13(15)4/h6-8,11H,9-10H2,1-5H3,(H,17,20). The molecule has 1 aromatic rings. The van der Waals surface area contributed by atoms with Gasteiger partial charge >= 0.3 is 0 Å². The SMILES string of the molecule is CC(=O)N(CCNC(=O)C(C)C)c1c(C)cccc1C. The lowest BCUT2D eigenvalue weighted by Gasteiger charge is -2.25. The van der Waals surface area contributed by atoms with Gasteiger partial charge in [-0.2, -0.15) is 0 Å². The van der Waals surface area contributed by atoms with E-state index in [1.807, 2.05) is 45.9 Å². The van der Waals surface area contributed by atoms with E-state index in [0.717, 1.165) is 16.8 Å². The summed E-state index contributed by atoms with van der Waals surface area (Å²) in [6, 6.07) is 5.96. The molecular formula is C16H24N2O2. The van der Waals surface area contributed by atoms with Crippen LogP contribution in [0.3, 0.4) is 0 Å². The van der Waals surface area contributed by atoms with Crippen molar-refractivity contribution in [1.29, 1.82) is 0 Å². The van der Waals surface area contributed by atoms with Gasteiger partial charge in [-0.3, -0.25) is 9.59 Å². The highest BCUT2D eigenvalue weighted by Crippen LogP contribution is 2.24. The van der Waals surface area contributed by atoms with Crippen molar-refractivity contribution < 1.29 is 9.59 Å². The summed E-state index contributed by atoms with van der Waals surface area (Å²) in [6.07, 6.45) is 0. The van der Waals surface area contributed by atoms with Gasteiger partial charge in [-0.15, -0.1) is 0 Å². The van der Waals surface area contributed by atoms with Gasteiger partial charge in [0.25, 0.3) is 0 Å². The van der Waals surface area contributed by atoms with Crippen LogP contribution in [0, 0.1) is 19.8 Å². The summed E-state index contributed by atoms with van der Waals surface area (Å²) in [5.74, 6) is -0.0443. The predicted octanol–water partition coefficient (Wildman–Crippen LogP) is 2.43. The molecule has 20 heavy (non-hydrogen) atoms. The van der Waals surface area contributed by atoms with Crippen molar-refractivity contribution in [2.75, 3.05) is 18.0 Å². The molecule has 0 aliphatic heterocycles. The Morgan fingerprint density at radius 3 is 2.20 bits per heavy atom. The largest absolute Gasteiger partial charge is 0.354 e. The molecule has 0 aromatic heterocycles. The lowest BCUT2D eigenvalue weighted by Crippen LogP contribution is -2.39. The molecular weight excluding hydrogens is 252 g/mol. The Bertz CT molecular complexity index is 475. The maximum absolute atomic E-state index is 11.9. The van der Waals surface area contributed by atoms with Crippen LogP contribution in [0.1, 0.15) is 31.9 Å². The number of amides is 2. The maximum Gasteiger partial charge on any atom is 0.223 e. The minimum absolute atomic E-state index is 0.00927. The van der Waals surface area contributed by atoms with Crippen LogP contribution in [-0.2, 0) is 9.59 Å². The van der Waals surface area contributed by atoms with Gasteiger partial charge in [0.05, 0.1) is 0 Å². The molecule has 1 N–H and O–H groups in total. The Balaban J connectivity index is 2.81. The molecule has 0 spiro atoms. The fourth-order valence-corrected chi connectivity index (χ4v) is 2.15. The van der Waals surface area contributed by atoms with Crippen LogP contribution < -0.4 is 10.2 Å². The fraction of sp³-hybridized carbons (Fsp3) is 0.500. The second kappa shape index (κ2) is 7.08. The Morgan fingerprint density at radius 2 is 1.75 bits per heavy atom. The van der Waals surface area contributed by atoms with Gasteiger partial charge in [-0.1, -0.05) is 32.0 Å². The minimum Gasteiger partial charge on any atom is -0.354 e. The van der Waals surface area contributed by atoms with E-state index in [-0.39, 0.29) is 17.7 Å². The predicted molar refractivity (Wildman–Crippen MR) is 81.8 cm³/mol. The Kier molecular flexibility index (Phi) is 5.74. The highest BCUT2D eigenvalue weighted by atomic mass is 16.2. The lowest BCUT2D eigenvalue weighted by molar-refractivity contribution is -0.124. The summed E-state index contributed by atoms with van der Waals surface area (Å²) in [5.41, 5.74) is 3.07. The third-order valence-corrected chi connectivity index (χ3v) is 3.25. The van der Waals surface area contributed by atoms with Crippen molar-refractivity contribution in [1.82, 2.24) is 5.32 Å². The maximum atomic E-state index is 11.9. The van der Waals surface area contributed by atoms with E-state index in [2.05, 4.69) is 5.32 Å². The van der Waals surface area contributed by atoms with E-state index < -0.39 is 0 Å². The molecule has 1 aromatic carbocycles. The molecule has 0 atom stereocenters.